The number of carboxylic acid groups (broad SMARTS) is 1. The Labute approximate surface area is 135 Å². The highest BCUT2D eigenvalue weighted by atomic mass is 35.5. The Bertz CT molecular complexity index is 614. The van der Waals surface area contributed by atoms with Crippen LogP contribution in [0.15, 0.2) is 18.2 Å². The number of alkyl halides is 2. The highest BCUT2D eigenvalue weighted by Crippen LogP contribution is 2.36. The number of amides is 1. The van der Waals surface area contributed by atoms with Gasteiger partial charge in [-0.2, -0.15) is 0 Å². The molecule has 1 aromatic carbocycles. The SMILES string of the molecule is O=C(NC(C(=O)O)c1ccc(Cl)c(F)c1)C1CCC(F)(F)CC1. The summed E-state index contributed by atoms with van der Waals surface area (Å²) in [6.45, 7) is 0. The molecule has 2 rings (SSSR count). The van der Waals surface area contributed by atoms with Gasteiger partial charge in [0.05, 0.1) is 5.02 Å². The van der Waals surface area contributed by atoms with E-state index in [1.807, 2.05) is 0 Å². The lowest BCUT2D eigenvalue weighted by Gasteiger charge is -2.28. The van der Waals surface area contributed by atoms with E-state index in [-0.39, 0.29) is 23.4 Å². The maximum Gasteiger partial charge on any atom is 0.330 e. The normalized spacial score (nSPS) is 19.1. The van der Waals surface area contributed by atoms with Crippen molar-refractivity contribution in [2.75, 3.05) is 0 Å². The van der Waals surface area contributed by atoms with Crippen LogP contribution in [0, 0.1) is 11.7 Å². The Balaban J connectivity index is 2.09. The van der Waals surface area contributed by atoms with E-state index >= 15 is 0 Å². The first-order chi connectivity index (χ1) is 10.7. The lowest BCUT2D eigenvalue weighted by atomic mass is 9.86. The van der Waals surface area contributed by atoms with Gasteiger partial charge in [0, 0.05) is 18.8 Å². The van der Waals surface area contributed by atoms with Gasteiger partial charge < -0.3 is 10.4 Å². The smallest absolute Gasteiger partial charge is 0.330 e. The van der Waals surface area contributed by atoms with Gasteiger partial charge in [0.1, 0.15) is 5.82 Å². The Morgan fingerprint density at radius 1 is 1.30 bits per heavy atom. The van der Waals surface area contributed by atoms with Gasteiger partial charge in [0.25, 0.3) is 0 Å². The predicted octanol–water partition coefficient (Wildman–Crippen LogP) is 3.55. The Morgan fingerprint density at radius 3 is 2.43 bits per heavy atom. The first-order valence-electron chi connectivity index (χ1n) is 7.05. The average molecular weight is 350 g/mol. The molecule has 1 aliphatic carbocycles. The minimum atomic E-state index is -2.78. The molecule has 126 valence electrons. The molecule has 1 unspecified atom stereocenters. The molecule has 0 radical (unpaired) electrons. The molecule has 0 spiro atoms. The highest BCUT2D eigenvalue weighted by Gasteiger charge is 2.38. The van der Waals surface area contributed by atoms with E-state index < -0.39 is 48.4 Å². The van der Waals surface area contributed by atoms with Gasteiger partial charge in [0.2, 0.25) is 11.8 Å². The quantitative estimate of drug-likeness (QED) is 0.873. The van der Waals surface area contributed by atoms with E-state index in [0.717, 1.165) is 6.07 Å². The fourth-order valence-corrected chi connectivity index (χ4v) is 2.66. The van der Waals surface area contributed by atoms with E-state index in [2.05, 4.69) is 5.32 Å². The molecule has 1 fully saturated rings. The van der Waals surface area contributed by atoms with E-state index in [0.29, 0.717) is 0 Å². The number of rotatable bonds is 4. The molecule has 1 atom stereocenters. The zero-order valence-corrected chi connectivity index (χ0v) is 12.7. The Hall–Kier alpha value is -1.76. The van der Waals surface area contributed by atoms with Crippen LogP contribution in [0.4, 0.5) is 13.2 Å². The molecule has 1 aromatic rings. The topological polar surface area (TPSA) is 66.4 Å². The van der Waals surface area contributed by atoms with E-state index in [9.17, 15) is 27.9 Å². The molecule has 0 bridgehead atoms. The largest absolute Gasteiger partial charge is 0.479 e. The van der Waals surface area contributed by atoms with Crippen LogP contribution in [0.5, 0.6) is 0 Å². The summed E-state index contributed by atoms with van der Waals surface area (Å²) in [6.07, 6.45) is -0.836. The number of halogens is 4. The molecule has 4 nitrogen and oxygen atoms in total. The van der Waals surface area contributed by atoms with Gasteiger partial charge in [0.15, 0.2) is 6.04 Å². The number of hydrogen-bond acceptors (Lipinski definition) is 2. The van der Waals surface area contributed by atoms with E-state index in [1.165, 1.54) is 12.1 Å². The second-order valence-corrected chi connectivity index (χ2v) is 5.99. The summed E-state index contributed by atoms with van der Waals surface area (Å²) in [6, 6.07) is 1.95. The number of nitrogens with one attached hydrogen (secondary N) is 1. The standard InChI is InChI=1S/C15H15ClF3NO3/c16-10-2-1-9(7-11(10)17)12(14(22)23)20-13(21)8-3-5-15(18,19)6-4-8/h1-2,7-8,12H,3-6H2,(H,20,21)(H,22,23). The van der Waals surface area contributed by atoms with Crippen LogP contribution in [0.2, 0.25) is 5.02 Å². The van der Waals surface area contributed by atoms with Crippen LogP contribution < -0.4 is 5.32 Å². The average Bonchev–Trinajstić information content (AvgIpc) is 2.47. The van der Waals surface area contributed by atoms with Crippen LogP contribution in [0.25, 0.3) is 0 Å². The van der Waals surface area contributed by atoms with Gasteiger partial charge in [-0.05, 0) is 30.5 Å². The fourth-order valence-electron chi connectivity index (χ4n) is 2.54. The number of aliphatic carboxylic acids is 1. The third-order valence-corrected chi connectivity index (χ3v) is 4.20. The molecule has 1 amide bonds. The zero-order valence-electron chi connectivity index (χ0n) is 12.0. The molecule has 0 aliphatic heterocycles. The first kappa shape index (κ1) is 17.6. The number of carboxylic acids is 1. The van der Waals surface area contributed by atoms with Crippen molar-refractivity contribution in [1.82, 2.24) is 5.32 Å². The van der Waals surface area contributed by atoms with Gasteiger partial charge in [-0.3, -0.25) is 4.79 Å². The van der Waals surface area contributed by atoms with Crippen LogP contribution in [0.1, 0.15) is 37.3 Å². The molecular formula is C15H15ClF3NO3. The summed E-state index contributed by atoms with van der Waals surface area (Å²) in [4.78, 5) is 23.4. The summed E-state index contributed by atoms with van der Waals surface area (Å²) in [5.41, 5.74) is 0.0221. The van der Waals surface area contributed by atoms with Crippen molar-refractivity contribution in [3.8, 4) is 0 Å². The molecule has 23 heavy (non-hydrogen) atoms. The van der Waals surface area contributed by atoms with Gasteiger partial charge in [-0.25, -0.2) is 18.0 Å². The molecule has 1 aliphatic rings. The third-order valence-electron chi connectivity index (χ3n) is 3.90. The number of carbonyl (C=O) groups excluding carboxylic acids is 1. The highest BCUT2D eigenvalue weighted by molar-refractivity contribution is 6.30. The zero-order chi connectivity index (χ0) is 17.2. The van der Waals surface area contributed by atoms with Gasteiger partial charge in [-0.1, -0.05) is 17.7 Å². The molecule has 0 heterocycles. The summed E-state index contributed by atoms with van der Waals surface area (Å²) in [5, 5.41) is 11.3. The number of carbonyl (C=O) groups is 2. The van der Waals surface area contributed by atoms with Crippen LogP contribution in [0.3, 0.4) is 0 Å². The van der Waals surface area contributed by atoms with Crippen molar-refractivity contribution in [1.29, 1.82) is 0 Å². The van der Waals surface area contributed by atoms with Crippen LogP contribution in [-0.2, 0) is 9.59 Å². The van der Waals surface area contributed by atoms with E-state index in [4.69, 9.17) is 11.6 Å². The van der Waals surface area contributed by atoms with Crippen molar-refractivity contribution in [3.63, 3.8) is 0 Å². The van der Waals surface area contributed by atoms with Crippen molar-refractivity contribution in [3.05, 3.63) is 34.6 Å². The molecule has 8 heteroatoms. The lowest BCUT2D eigenvalue weighted by Crippen LogP contribution is -2.40. The van der Waals surface area contributed by atoms with E-state index in [1.54, 1.807) is 0 Å². The van der Waals surface area contributed by atoms with Gasteiger partial charge in [-0.15, -0.1) is 0 Å². The maximum atomic E-state index is 13.5. The Kier molecular flexibility index (Phi) is 5.19. The van der Waals surface area contributed by atoms with Gasteiger partial charge >= 0.3 is 5.97 Å². The second-order valence-electron chi connectivity index (χ2n) is 5.58. The molecule has 1 saturated carbocycles. The molecular weight excluding hydrogens is 335 g/mol. The Morgan fingerprint density at radius 2 is 1.91 bits per heavy atom. The molecule has 0 aromatic heterocycles. The van der Waals surface area contributed by atoms with Crippen LogP contribution in [-0.4, -0.2) is 22.9 Å². The summed E-state index contributed by atoms with van der Waals surface area (Å²) in [7, 11) is 0. The minimum absolute atomic E-state index is 0.0137. The lowest BCUT2D eigenvalue weighted by molar-refractivity contribution is -0.143. The summed E-state index contributed by atoms with van der Waals surface area (Å²) in [5.74, 6) is -6.25. The van der Waals surface area contributed by atoms with Crippen molar-refractivity contribution in [2.45, 2.75) is 37.6 Å². The maximum absolute atomic E-state index is 13.5. The molecule has 0 saturated heterocycles. The number of benzene rings is 1. The first-order valence-corrected chi connectivity index (χ1v) is 7.43. The molecule has 2 N–H and O–H groups in total. The van der Waals surface area contributed by atoms with Crippen LogP contribution >= 0.6 is 11.6 Å². The second kappa shape index (κ2) is 6.78. The van der Waals surface area contributed by atoms with Crippen molar-refractivity contribution < 1.29 is 27.9 Å². The summed E-state index contributed by atoms with van der Waals surface area (Å²) >= 11 is 5.54. The van der Waals surface area contributed by atoms with Crippen molar-refractivity contribution in [2.24, 2.45) is 5.92 Å². The fraction of sp³-hybridized carbons (Fsp3) is 0.467. The minimum Gasteiger partial charge on any atom is -0.479 e. The predicted molar refractivity (Wildman–Crippen MR) is 76.8 cm³/mol. The third kappa shape index (κ3) is 4.37. The van der Waals surface area contributed by atoms with Crippen molar-refractivity contribution >= 4 is 23.5 Å². The monoisotopic (exact) mass is 349 g/mol. The number of hydrogen-bond donors (Lipinski definition) is 2. The summed E-state index contributed by atoms with van der Waals surface area (Å²) < 4.78 is 39.7.